The number of nitrogens with two attached hydrogens (primary N) is 1. The summed E-state index contributed by atoms with van der Waals surface area (Å²) >= 11 is 0. The van der Waals surface area contributed by atoms with Gasteiger partial charge in [0.1, 0.15) is 12.4 Å². The van der Waals surface area contributed by atoms with Crippen LogP contribution < -0.4 is 5.73 Å². The molecule has 0 unspecified atom stereocenters. The first-order valence-electron chi connectivity index (χ1n) is 2.09. The summed E-state index contributed by atoms with van der Waals surface area (Å²) in [7, 11) is -3.44. The van der Waals surface area contributed by atoms with Crippen molar-refractivity contribution in [2.75, 3.05) is 12.9 Å². The summed E-state index contributed by atoms with van der Waals surface area (Å²) in [6.07, 6.45) is 0.899. The van der Waals surface area contributed by atoms with Gasteiger partial charge in [-0.2, -0.15) is 8.42 Å². The van der Waals surface area contributed by atoms with Gasteiger partial charge in [0.15, 0.2) is 0 Å². The zero-order valence-electron chi connectivity index (χ0n) is 4.92. The molecule has 0 aromatic heterocycles. The number of nitrogens with one attached hydrogen (secondary N) is 1. The molecular formula is C3H8N2O3S. The third-order valence-electron chi connectivity index (χ3n) is 0.429. The largest absolute Gasteiger partial charge is 0.386 e. The lowest BCUT2D eigenvalue weighted by atomic mass is 10.7. The van der Waals surface area contributed by atoms with E-state index in [-0.39, 0.29) is 12.4 Å². The lowest BCUT2D eigenvalue weighted by Crippen LogP contribution is -2.19. The molecule has 0 atom stereocenters. The average molecular weight is 152 g/mol. The van der Waals surface area contributed by atoms with Gasteiger partial charge in [-0.3, -0.25) is 9.59 Å². The van der Waals surface area contributed by atoms with Crippen molar-refractivity contribution < 1.29 is 12.6 Å². The summed E-state index contributed by atoms with van der Waals surface area (Å²) in [4.78, 5) is 0. The van der Waals surface area contributed by atoms with Crippen molar-refractivity contribution in [2.24, 2.45) is 5.73 Å². The standard InChI is InChI=1S/C3H8N2O3S/c1-9(6,7)8-2-3(4)5/h2H2,1H3,(H3,4,5). The molecule has 5 nitrogen and oxygen atoms in total. The minimum absolute atomic E-state index is 0.305. The van der Waals surface area contributed by atoms with Gasteiger partial charge in [0.25, 0.3) is 10.1 Å². The fraction of sp³-hybridized carbons (Fsp3) is 0.667. The van der Waals surface area contributed by atoms with Crippen LogP contribution in [0.3, 0.4) is 0 Å². The van der Waals surface area contributed by atoms with Gasteiger partial charge in [-0.1, -0.05) is 0 Å². The van der Waals surface area contributed by atoms with E-state index >= 15 is 0 Å². The highest BCUT2D eigenvalue weighted by molar-refractivity contribution is 7.86. The summed E-state index contributed by atoms with van der Waals surface area (Å²) in [5, 5.41) is 6.56. The van der Waals surface area contributed by atoms with E-state index in [1.165, 1.54) is 0 Å². The molecule has 0 rings (SSSR count). The molecule has 6 heteroatoms. The fourth-order valence-electron chi connectivity index (χ4n) is 0.171. The van der Waals surface area contributed by atoms with Gasteiger partial charge in [0, 0.05) is 0 Å². The van der Waals surface area contributed by atoms with Crippen molar-refractivity contribution in [2.45, 2.75) is 0 Å². The van der Waals surface area contributed by atoms with E-state index in [9.17, 15) is 8.42 Å². The third-order valence-corrected chi connectivity index (χ3v) is 0.975. The third kappa shape index (κ3) is 7.38. The van der Waals surface area contributed by atoms with Crippen molar-refractivity contribution in [1.29, 1.82) is 5.41 Å². The minimum Gasteiger partial charge on any atom is -0.386 e. The van der Waals surface area contributed by atoms with Crippen LogP contribution in [-0.4, -0.2) is 27.1 Å². The topological polar surface area (TPSA) is 93.2 Å². The molecule has 0 fully saturated rings. The molecule has 0 radical (unpaired) electrons. The van der Waals surface area contributed by atoms with E-state index in [0.29, 0.717) is 0 Å². The van der Waals surface area contributed by atoms with E-state index in [1.807, 2.05) is 0 Å². The van der Waals surface area contributed by atoms with Crippen LogP contribution in [-0.2, 0) is 14.3 Å². The molecule has 0 amide bonds. The summed E-state index contributed by atoms with van der Waals surface area (Å²) in [5.41, 5.74) is 4.79. The predicted molar refractivity (Wildman–Crippen MR) is 32.7 cm³/mol. The Hall–Kier alpha value is -0.620. The van der Waals surface area contributed by atoms with Crippen molar-refractivity contribution in [3.8, 4) is 0 Å². The van der Waals surface area contributed by atoms with E-state index in [4.69, 9.17) is 11.1 Å². The van der Waals surface area contributed by atoms with E-state index in [2.05, 4.69) is 4.18 Å². The van der Waals surface area contributed by atoms with Crippen LogP contribution in [0.15, 0.2) is 0 Å². The maximum Gasteiger partial charge on any atom is 0.264 e. The maximum atomic E-state index is 10.2. The first kappa shape index (κ1) is 8.38. The van der Waals surface area contributed by atoms with Crippen molar-refractivity contribution >= 4 is 16.0 Å². The molecule has 0 aromatic carbocycles. The Balaban J connectivity index is 3.67. The Kier molecular flexibility index (Phi) is 2.60. The minimum atomic E-state index is -3.44. The Morgan fingerprint density at radius 3 is 2.33 bits per heavy atom. The molecular weight excluding hydrogens is 144 g/mol. The quantitative estimate of drug-likeness (QED) is 0.305. The second kappa shape index (κ2) is 2.79. The number of rotatable bonds is 3. The lowest BCUT2D eigenvalue weighted by Gasteiger charge is -1.96. The zero-order valence-corrected chi connectivity index (χ0v) is 5.73. The van der Waals surface area contributed by atoms with Crippen LogP contribution in [0.4, 0.5) is 0 Å². The lowest BCUT2D eigenvalue weighted by molar-refractivity contribution is 0.371. The first-order valence-corrected chi connectivity index (χ1v) is 3.91. The Bertz CT molecular complexity index is 195. The SMILES string of the molecule is CS(=O)(=O)OCC(=N)N. The van der Waals surface area contributed by atoms with E-state index in [1.54, 1.807) is 0 Å². The fourth-order valence-corrected chi connectivity index (χ4v) is 0.512. The smallest absolute Gasteiger partial charge is 0.264 e. The normalized spacial score (nSPS) is 11.2. The average Bonchev–Trinajstić information content (AvgIpc) is 1.59. The Morgan fingerprint density at radius 2 is 2.22 bits per heavy atom. The molecule has 3 N–H and O–H groups in total. The highest BCUT2D eigenvalue weighted by Gasteiger charge is 2.00. The van der Waals surface area contributed by atoms with Crippen molar-refractivity contribution in [1.82, 2.24) is 0 Å². The van der Waals surface area contributed by atoms with Gasteiger partial charge < -0.3 is 5.73 Å². The molecule has 54 valence electrons. The second-order valence-corrected chi connectivity index (χ2v) is 3.14. The molecule has 0 heterocycles. The number of hydrogen-bond donors (Lipinski definition) is 2. The molecule has 0 aliphatic carbocycles. The molecule has 0 aromatic rings. The van der Waals surface area contributed by atoms with Crippen LogP contribution in [0, 0.1) is 5.41 Å². The van der Waals surface area contributed by atoms with E-state index in [0.717, 1.165) is 6.26 Å². The zero-order chi connectivity index (χ0) is 7.49. The molecule has 0 aliphatic rings. The van der Waals surface area contributed by atoms with E-state index < -0.39 is 10.1 Å². The van der Waals surface area contributed by atoms with Crippen LogP contribution in [0.2, 0.25) is 0 Å². The molecule has 0 saturated heterocycles. The maximum absolute atomic E-state index is 10.2. The predicted octanol–water partition coefficient (Wildman–Crippen LogP) is -1.10. The monoisotopic (exact) mass is 152 g/mol. The van der Waals surface area contributed by atoms with Gasteiger partial charge in [-0.15, -0.1) is 0 Å². The van der Waals surface area contributed by atoms with Gasteiger partial charge in [-0.05, 0) is 0 Å². The number of hydrogen-bond acceptors (Lipinski definition) is 4. The summed E-state index contributed by atoms with van der Waals surface area (Å²) in [6.45, 7) is -0.362. The van der Waals surface area contributed by atoms with Crippen LogP contribution in [0.1, 0.15) is 0 Å². The second-order valence-electron chi connectivity index (χ2n) is 1.49. The van der Waals surface area contributed by atoms with Crippen LogP contribution >= 0.6 is 0 Å². The van der Waals surface area contributed by atoms with Crippen molar-refractivity contribution in [3.05, 3.63) is 0 Å². The Labute approximate surface area is 53.4 Å². The first-order chi connectivity index (χ1) is 3.92. The van der Waals surface area contributed by atoms with Gasteiger partial charge in [0.05, 0.1) is 6.26 Å². The Morgan fingerprint density at radius 1 is 1.78 bits per heavy atom. The summed E-state index contributed by atoms with van der Waals surface area (Å²) < 4.78 is 24.4. The molecule has 9 heavy (non-hydrogen) atoms. The van der Waals surface area contributed by atoms with Crippen LogP contribution in [0.5, 0.6) is 0 Å². The molecule has 0 saturated carbocycles. The van der Waals surface area contributed by atoms with Gasteiger partial charge in [0.2, 0.25) is 0 Å². The highest BCUT2D eigenvalue weighted by Crippen LogP contribution is 1.83. The van der Waals surface area contributed by atoms with Crippen LogP contribution in [0.25, 0.3) is 0 Å². The summed E-state index contributed by atoms with van der Waals surface area (Å²) in [6, 6.07) is 0. The molecule has 0 bridgehead atoms. The molecule has 0 aliphatic heterocycles. The van der Waals surface area contributed by atoms with Gasteiger partial charge in [-0.25, -0.2) is 0 Å². The molecule has 0 spiro atoms. The van der Waals surface area contributed by atoms with Crippen molar-refractivity contribution in [3.63, 3.8) is 0 Å². The number of amidine groups is 1. The summed E-state index contributed by atoms with van der Waals surface area (Å²) in [5.74, 6) is -0.305. The highest BCUT2D eigenvalue weighted by atomic mass is 32.2. The van der Waals surface area contributed by atoms with Gasteiger partial charge >= 0.3 is 0 Å².